The third-order valence-corrected chi connectivity index (χ3v) is 4.67. The minimum absolute atomic E-state index is 0.311. The van der Waals surface area contributed by atoms with Gasteiger partial charge in [0.05, 0.1) is 12.8 Å². The Hall–Kier alpha value is -3.18. The fourth-order valence-electron chi connectivity index (χ4n) is 3.05. The number of fused-ring (bicyclic) bond motifs is 3. The molecular formula is C22H18ClNO4. The summed E-state index contributed by atoms with van der Waals surface area (Å²) in [5, 5.41) is 5.31. The van der Waals surface area contributed by atoms with Gasteiger partial charge >= 0.3 is 0 Å². The summed E-state index contributed by atoms with van der Waals surface area (Å²) in [4.78, 5) is 12.6. The number of hydrogen-bond acceptors (Lipinski definition) is 4. The van der Waals surface area contributed by atoms with Crippen molar-refractivity contribution in [2.45, 2.75) is 13.0 Å². The first-order valence-electron chi connectivity index (χ1n) is 8.77. The molecule has 0 aliphatic carbocycles. The van der Waals surface area contributed by atoms with Gasteiger partial charge < -0.3 is 19.2 Å². The number of methoxy groups -OCH3 is 1. The van der Waals surface area contributed by atoms with Crippen molar-refractivity contribution in [1.29, 1.82) is 0 Å². The van der Waals surface area contributed by atoms with Crippen molar-refractivity contribution in [3.63, 3.8) is 0 Å². The predicted molar refractivity (Wildman–Crippen MR) is 110 cm³/mol. The molecule has 4 rings (SSSR count). The Kier molecular flexibility index (Phi) is 4.84. The van der Waals surface area contributed by atoms with Crippen molar-refractivity contribution in [2.75, 3.05) is 12.4 Å². The van der Waals surface area contributed by atoms with E-state index < -0.39 is 6.10 Å². The highest BCUT2D eigenvalue weighted by Crippen LogP contribution is 2.36. The summed E-state index contributed by atoms with van der Waals surface area (Å²) in [5.41, 5.74) is 1.96. The van der Waals surface area contributed by atoms with Gasteiger partial charge in [-0.3, -0.25) is 4.79 Å². The Labute approximate surface area is 166 Å². The van der Waals surface area contributed by atoms with Crippen molar-refractivity contribution >= 4 is 45.1 Å². The molecule has 28 heavy (non-hydrogen) atoms. The number of halogens is 1. The molecule has 1 amide bonds. The van der Waals surface area contributed by atoms with E-state index in [9.17, 15) is 4.79 Å². The number of furan rings is 1. The van der Waals surface area contributed by atoms with Gasteiger partial charge in [0.2, 0.25) is 0 Å². The summed E-state index contributed by atoms with van der Waals surface area (Å²) in [6, 6.07) is 18.3. The minimum atomic E-state index is -0.727. The fraction of sp³-hybridized carbons (Fsp3) is 0.136. The van der Waals surface area contributed by atoms with Gasteiger partial charge in [0.15, 0.2) is 6.10 Å². The molecule has 0 aliphatic rings. The van der Waals surface area contributed by atoms with E-state index in [2.05, 4.69) is 5.32 Å². The zero-order valence-corrected chi connectivity index (χ0v) is 16.1. The molecule has 5 nitrogen and oxygen atoms in total. The Morgan fingerprint density at radius 2 is 1.86 bits per heavy atom. The molecule has 0 unspecified atom stereocenters. The number of anilines is 1. The highest BCUT2D eigenvalue weighted by molar-refractivity contribution is 6.30. The number of nitrogens with one attached hydrogen (secondary N) is 1. The van der Waals surface area contributed by atoms with Crippen LogP contribution in [0.25, 0.3) is 21.9 Å². The van der Waals surface area contributed by atoms with Crippen LogP contribution < -0.4 is 14.8 Å². The lowest BCUT2D eigenvalue weighted by Gasteiger charge is -2.16. The van der Waals surface area contributed by atoms with Gasteiger partial charge in [-0.1, -0.05) is 35.9 Å². The lowest BCUT2D eigenvalue weighted by molar-refractivity contribution is -0.122. The number of rotatable bonds is 5. The van der Waals surface area contributed by atoms with E-state index in [1.807, 2.05) is 30.3 Å². The number of carbonyl (C=O) groups excluding carboxylic acids is 1. The standard InChI is InChI=1S/C22H18ClNO4/c1-13(27-15-7-5-6-14(23)10-15)22(25)24-18-12-20-17(11-21(18)26-2)16-8-3-4-9-19(16)28-20/h3-13H,1-2H3,(H,24,25)/t13-/m1/s1. The monoisotopic (exact) mass is 395 g/mol. The lowest BCUT2D eigenvalue weighted by Crippen LogP contribution is -2.30. The minimum Gasteiger partial charge on any atom is -0.495 e. The van der Waals surface area contributed by atoms with E-state index in [0.717, 1.165) is 16.4 Å². The molecule has 142 valence electrons. The molecule has 1 atom stereocenters. The Balaban J connectivity index is 1.61. The number of ether oxygens (including phenoxy) is 2. The maximum Gasteiger partial charge on any atom is 0.265 e. The molecule has 0 spiro atoms. The summed E-state index contributed by atoms with van der Waals surface area (Å²) >= 11 is 5.96. The normalized spacial score (nSPS) is 12.1. The molecule has 0 fully saturated rings. The quantitative estimate of drug-likeness (QED) is 0.474. The Morgan fingerprint density at radius 1 is 1.04 bits per heavy atom. The van der Waals surface area contributed by atoms with Gasteiger partial charge in [-0.2, -0.15) is 0 Å². The number of hydrogen-bond donors (Lipinski definition) is 1. The number of benzene rings is 3. The molecule has 0 saturated heterocycles. The van der Waals surface area contributed by atoms with Crippen LogP contribution in [-0.4, -0.2) is 19.1 Å². The predicted octanol–water partition coefficient (Wildman–Crippen LogP) is 5.65. The maximum atomic E-state index is 12.6. The second-order valence-corrected chi connectivity index (χ2v) is 6.79. The molecule has 1 heterocycles. The summed E-state index contributed by atoms with van der Waals surface area (Å²) in [5.74, 6) is 0.756. The Morgan fingerprint density at radius 3 is 2.64 bits per heavy atom. The van der Waals surface area contributed by atoms with Crippen LogP contribution in [0.4, 0.5) is 5.69 Å². The molecule has 0 saturated carbocycles. The molecular weight excluding hydrogens is 378 g/mol. The third kappa shape index (κ3) is 3.49. The van der Waals surface area contributed by atoms with E-state index in [4.69, 9.17) is 25.5 Å². The summed E-state index contributed by atoms with van der Waals surface area (Å²) < 4.78 is 17.0. The van der Waals surface area contributed by atoms with Crippen LogP contribution in [0, 0.1) is 0 Å². The topological polar surface area (TPSA) is 60.7 Å². The van der Waals surface area contributed by atoms with Crippen LogP contribution in [0.1, 0.15) is 6.92 Å². The van der Waals surface area contributed by atoms with E-state index in [-0.39, 0.29) is 5.91 Å². The molecule has 0 bridgehead atoms. The van der Waals surface area contributed by atoms with Crippen LogP contribution in [0.15, 0.2) is 65.1 Å². The van der Waals surface area contributed by atoms with Gasteiger partial charge in [0.25, 0.3) is 5.91 Å². The molecule has 1 aromatic heterocycles. The highest BCUT2D eigenvalue weighted by atomic mass is 35.5. The largest absolute Gasteiger partial charge is 0.495 e. The van der Waals surface area contributed by atoms with Crippen molar-refractivity contribution < 1.29 is 18.7 Å². The van der Waals surface area contributed by atoms with Gasteiger partial charge in [-0.25, -0.2) is 0 Å². The average Bonchev–Trinajstić information content (AvgIpc) is 3.04. The first kappa shape index (κ1) is 18.2. The zero-order chi connectivity index (χ0) is 19.7. The average molecular weight is 396 g/mol. The van der Waals surface area contributed by atoms with Crippen LogP contribution in [-0.2, 0) is 4.79 Å². The van der Waals surface area contributed by atoms with Crippen molar-refractivity contribution in [3.05, 3.63) is 65.7 Å². The summed E-state index contributed by atoms with van der Waals surface area (Å²) in [6.45, 7) is 1.67. The van der Waals surface area contributed by atoms with Crippen LogP contribution in [0.3, 0.4) is 0 Å². The van der Waals surface area contributed by atoms with Gasteiger partial charge in [-0.05, 0) is 37.3 Å². The van der Waals surface area contributed by atoms with Gasteiger partial charge in [-0.15, -0.1) is 0 Å². The molecule has 6 heteroatoms. The number of amides is 1. The second-order valence-electron chi connectivity index (χ2n) is 6.35. The molecule has 4 aromatic rings. The van der Waals surface area contributed by atoms with E-state index in [1.165, 1.54) is 0 Å². The van der Waals surface area contributed by atoms with Crippen LogP contribution in [0.5, 0.6) is 11.5 Å². The van der Waals surface area contributed by atoms with Crippen molar-refractivity contribution in [1.82, 2.24) is 0 Å². The molecule has 3 aromatic carbocycles. The maximum absolute atomic E-state index is 12.6. The number of para-hydroxylation sites is 1. The first-order chi connectivity index (χ1) is 13.5. The second kappa shape index (κ2) is 7.44. The van der Waals surface area contributed by atoms with Crippen molar-refractivity contribution in [2.24, 2.45) is 0 Å². The van der Waals surface area contributed by atoms with Gasteiger partial charge in [0.1, 0.15) is 22.7 Å². The van der Waals surface area contributed by atoms with Gasteiger partial charge in [0, 0.05) is 21.9 Å². The van der Waals surface area contributed by atoms with Crippen molar-refractivity contribution in [3.8, 4) is 11.5 Å². The lowest BCUT2D eigenvalue weighted by atomic mass is 10.1. The van der Waals surface area contributed by atoms with E-state index in [0.29, 0.717) is 27.8 Å². The molecule has 0 aliphatic heterocycles. The molecule has 0 radical (unpaired) electrons. The summed E-state index contributed by atoms with van der Waals surface area (Å²) in [7, 11) is 1.56. The van der Waals surface area contributed by atoms with E-state index in [1.54, 1.807) is 44.4 Å². The Bertz CT molecular complexity index is 1170. The fourth-order valence-corrected chi connectivity index (χ4v) is 3.23. The zero-order valence-electron chi connectivity index (χ0n) is 15.4. The highest BCUT2D eigenvalue weighted by Gasteiger charge is 2.19. The first-order valence-corrected chi connectivity index (χ1v) is 9.15. The van der Waals surface area contributed by atoms with Crippen LogP contribution in [0.2, 0.25) is 5.02 Å². The van der Waals surface area contributed by atoms with E-state index >= 15 is 0 Å². The number of carbonyl (C=O) groups is 1. The third-order valence-electron chi connectivity index (χ3n) is 4.43. The molecule has 1 N–H and O–H groups in total. The SMILES string of the molecule is COc1cc2c(cc1NC(=O)[C@@H](C)Oc1cccc(Cl)c1)oc1ccccc12. The summed E-state index contributed by atoms with van der Waals surface area (Å²) in [6.07, 6.45) is -0.727. The van der Waals surface area contributed by atoms with Crippen LogP contribution >= 0.6 is 11.6 Å². The smallest absolute Gasteiger partial charge is 0.265 e.